The summed E-state index contributed by atoms with van der Waals surface area (Å²) in [4.78, 5) is 0. The first-order valence-corrected chi connectivity index (χ1v) is 3.59. The maximum Gasteiger partial charge on any atom is 1.00 e. The number of methoxy groups -OCH3 is 3. The van der Waals surface area contributed by atoms with Crippen molar-refractivity contribution in [2.75, 3.05) is 21.3 Å². The third-order valence-electron chi connectivity index (χ3n) is 0.964. The Labute approximate surface area is 74.6 Å². The summed E-state index contributed by atoms with van der Waals surface area (Å²) in [6.45, 7) is 0. The number of rotatable bonds is 3. The first-order chi connectivity index (χ1) is 4.26. The van der Waals surface area contributed by atoms with Gasteiger partial charge in [-0.1, -0.05) is 0 Å². The van der Waals surface area contributed by atoms with Gasteiger partial charge in [-0.05, 0) is 0 Å². The Hall–Kier alpha value is -0.124. The third kappa shape index (κ3) is 3.82. The molecule has 0 fully saturated rings. The van der Waals surface area contributed by atoms with Crippen LogP contribution < -0.4 is 0 Å². The molecule has 0 spiro atoms. The van der Waals surface area contributed by atoms with Gasteiger partial charge in [-0.25, -0.2) is 0 Å². The smallest absolute Gasteiger partial charge is 0.500 e. The summed E-state index contributed by atoms with van der Waals surface area (Å²) >= 11 is 0. The summed E-state index contributed by atoms with van der Waals surface area (Å²) < 4.78 is 14.5. The Morgan fingerprint density at radius 2 is 1.40 bits per heavy atom. The van der Waals surface area contributed by atoms with Gasteiger partial charge >= 0.3 is 23.0 Å². The van der Waals surface area contributed by atoms with Gasteiger partial charge in [0.2, 0.25) is 0 Å². The van der Waals surface area contributed by atoms with Crippen LogP contribution in [0.15, 0.2) is 11.3 Å². The van der Waals surface area contributed by atoms with Crippen LogP contribution >= 0.6 is 0 Å². The molecule has 10 heavy (non-hydrogen) atoms. The summed E-state index contributed by atoms with van der Waals surface area (Å²) in [6, 6.07) is 0. The Bertz CT molecular complexity index is 109. The molecule has 0 rings (SSSR count). The van der Waals surface area contributed by atoms with Gasteiger partial charge in [-0.15, -0.1) is 0 Å². The van der Waals surface area contributed by atoms with E-state index < -0.39 is 0 Å². The maximum atomic E-state index is 4.89. The van der Waals surface area contributed by atoms with E-state index in [9.17, 15) is 0 Å². The molecule has 0 radical (unpaired) electrons. The fourth-order valence-electron chi connectivity index (χ4n) is 0.454. The van der Waals surface area contributed by atoms with E-state index in [0.29, 0.717) is 5.95 Å². The molecule has 3 nitrogen and oxygen atoms in total. The van der Waals surface area contributed by atoms with E-state index in [-0.39, 0.29) is 17.1 Å². The SMILES string of the molecule is COC([SiH3])=C(OC)OC.[Cu+]. The van der Waals surface area contributed by atoms with Crippen LogP contribution in [-0.2, 0) is 31.3 Å². The monoisotopic (exact) mass is 211 g/mol. The van der Waals surface area contributed by atoms with E-state index in [1.165, 1.54) is 0 Å². The molecular formula is C5H12CuO3Si+. The molecule has 0 aliphatic carbocycles. The Morgan fingerprint density at radius 1 is 1.00 bits per heavy atom. The molecule has 5 heteroatoms. The summed E-state index contributed by atoms with van der Waals surface area (Å²) in [5.41, 5.74) is 0. The summed E-state index contributed by atoms with van der Waals surface area (Å²) in [5.74, 6) is 0.476. The van der Waals surface area contributed by atoms with Crippen LogP contribution in [0.5, 0.6) is 0 Å². The van der Waals surface area contributed by atoms with Crippen LogP contribution in [0, 0.1) is 0 Å². The zero-order valence-electron chi connectivity index (χ0n) is 6.53. The zero-order valence-corrected chi connectivity index (χ0v) is 9.47. The first-order valence-electron chi connectivity index (χ1n) is 2.59. The van der Waals surface area contributed by atoms with E-state index in [2.05, 4.69) is 0 Å². The molecule has 0 aromatic rings. The van der Waals surface area contributed by atoms with Crippen LogP contribution in [0.4, 0.5) is 0 Å². The van der Waals surface area contributed by atoms with Crippen LogP contribution in [0.25, 0.3) is 0 Å². The minimum atomic E-state index is 0. The molecule has 0 atom stereocenters. The minimum Gasteiger partial charge on any atom is -0.500 e. The molecule has 0 N–H and O–H groups in total. The van der Waals surface area contributed by atoms with Crippen LogP contribution in [0.2, 0.25) is 0 Å². The second-order valence-electron chi connectivity index (χ2n) is 1.46. The fourth-order valence-corrected chi connectivity index (χ4v) is 0.862. The van der Waals surface area contributed by atoms with Crippen molar-refractivity contribution in [1.29, 1.82) is 0 Å². The van der Waals surface area contributed by atoms with Crippen molar-refractivity contribution >= 4 is 10.2 Å². The van der Waals surface area contributed by atoms with Gasteiger partial charge in [-0.3, -0.25) is 0 Å². The van der Waals surface area contributed by atoms with Gasteiger partial charge < -0.3 is 14.2 Å². The third-order valence-corrected chi connectivity index (χ3v) is 1.78. The minimum absolute atomic E-state index is 0. The fraction of sp³-hybridized carbons (Fsp3) is 0.600. The summed E-state index contributed by atoms with van der Waals surface area (Å²) in [7, 11) is 5.50. The molecule has 0 heterocycles. The van der Waals surface area contributed by atoms with Gasteiger partial charge in [0.1, 0.15) is 5.38 Å². The van der Waals surface area contributed by atoms with E-state index in [1.807, 2.05) is 0 Å². The van der Waals surface area contributed by atoms with Crippen molar-refractivity contribution in [3.05, 3.63) is 11.3 Å². The van der Waals surface area contributed by atoms with Crippen molar-refractivity contribution in [3.8, 4) is 0 Å². The molecule has 0 saturated carbocycles. The predicted molar refractivity (Wildman–Crippen MR) is 38.0 cm³/mol. The molecule has 64 valence electrons. The molecule has 0 amide bonds. The molecular weight excluding hydrogens is 200 g/mol. The maximum absolute atomic E-state index is 4.89. The predicted octanol–water partition coefficient (Wildman–Crippen LogP) is -0.585. The normalized spacial score (nSPS) is 7.50. The van der Waals surface area contributed by atoms with Gasteiger partial charge in [0.15, 0.2) is 0 Å². The van der Waals surface area contributed by atoms with Crippen LogP contribution in [0.3, 0.4) is 0 Å². The Kier molecular flexibility index (Phi) is 8.77. The quantitative estimate of drug-likeness (QED) is 0.462. The van der Waals surface area contributed by atoms with Crippen molar-refractivity contribution < 1.29 is 31.3 Å². The number of ether oxygens (including phenoxy) is 3. The molecule has 0 aliphatic heterocycles. The van der Waals surface area contributed by atoms with Crippen molar-refractivity contribution in [1.82, 2.24) is 0 Å². The molecule has 0 bridgehead atoms. The largest absolute Gasteiger partial charge is 1.00 e. The number of hydrogen-bond donors (Lipinski definition) is 0. The average Bonchev–Trinajstić information content (AvgIpc) is 1.90. The summed E-state index contributed by atoms with van der Waals surface area (Å²) in [5, 5.41) is 0.778. The van der Waals surface area contributed by atoms with Crippen molar-refractivity contribution in [2.24, 2.45) is 0 Å². The Balaban J connectivity index is 0. The van der Waals surface area contributed by atoms with Gasteiger partial charge in [0, 0.05) is 0 Å². The van der Waals surface area contributed by atoms with Crippen LogP contribution in [-0.4, -0.2) is 31.6 Å². The average molecular weight is 212 g/mol. The molecule has 0 unspecified atom stereocenters. The molecule has 0 aliphatic rings. The van der Waals surface area contributed by atoms with E-state index in [4.69, 9.17) is 14.2 Å². The summed E-state index contributed by atoms with van der Waals surface area (Å²) in [6.07, 6.45) is 0. The van der Waals surface area contributed by atoms with Crippen LogP contribution in [0.1, 0.15) is 0 Å². The molecule has 0 saturated heterocycles. The van der Waals surface area contributed by atoms with Gasteiger partial charge in [-0.2, -0.15) is 0 Å². The molecule has 0 aromatic carbocycles. The van der Waals surface area contributed by atoms with Crippen molar-refractivity contribution in [3.63, 3.8) is 0 Å². The van der Waals surface area contributed by atoms with E-state index >= 15 is 0 Å². The number of hydrogen-bond acceptors (Lipinski definition) is 3. The first kappa shape index (κ1) is 12.5. The molecule has 0 aromatic heterocycles. The topological polar surface area (TPSA) is 27.7 Å². The van der Waals surface area contributed by atoms with Crippen molar-refractivity contribution in [2.45, 2.75) is 0 Å². The van der Waals surface area contributed by atoms with E-state index in [0.717, 1.165) is 15.6 Å². The van der Waals surface area contributed by atoms with Gasteiger partial charge in [0.05, 0.1) is 31.6 Å². The second-order valence-corrected chi connectivity index (χ2v) is 2.36. The Morgan fingerprint density at radius 3 is 1.50 bits per heavy atom. The van der Waals surface area contributed by atoms with E-state index in [1.54, 1.807) is 21.3 Å². The standard InChI is InChI=1S/C5H12O3Si.Cu/c1-6-4(7-2)5(9)8-3;/h1-3,9H3;/q;+1. The van der Waals surface area contributed by atoms with Gasteiger partial charge in [0.25, 0.3) is 0 Å². The zero-order chi connectivity index (χ0) is 7.28. The second kappa shape index (κ2) is 6.99.